The molecular weight excluding hydrogens is 1240 g/mol. The number of nitrogen functional groups attached to an aromatic ring is 1. The maximum absolute atomic E-state index is 13.5. The number of carboxylic acids is 1. The molecular formula is C63H64N16O14S. The number of fused-ring (bicyclic) bond motifs is 7. The number of ether oxygens (including phenoxy) is 3. The van der Waals surface area contributed by atoms with Gasteiger partial charge >= 0.3 is 18.0 Å². The molecule has 5 aromatic carbocycles. The molecule has 0 saturated carbocycles. The fourth-order valence-corrected chi connectivity index (χ4v) is 10.6. The number of nitrogens with two attached hydrogens (primary N) is 1. The maximum Gasteiger partial charge on any atom is 0.414 e. The fraction of sp³-hybridized carbons (Fsp3) is 0.270. The molecule has 2 aliphatic heterocycles. The van der Waals surface area contributed by atoms with Gasteiger partial charge in [0.1, 0.15) is 29.0 Å². The minimum Gasteiger partial charge on any atom is -0.508 e. The summed E-state index contributed by atoms with van der Waals surface area (Å²) in [5, 5.41) is 71.2. The number of nitrogens with zero attached hydrogens (tertiary/aromatic N) is 7. The van der Waals surface area contributed by atoms with Crippen LogP contribution in [0.2, 0.25) is 0 Å². The van der Waals surface area contributed by atoms with Gasteiger partial charge in [-0.2, -0.15) is 9.97 Å². The van der Waals surface area contributed by atoms with Crippen LogP contribution in [0.4, 0.5) is 22.1 Å². The number of aromatic nitrogens is 7. The predicted molar refractivity (Wildman–Crippen MR) is 341 cm³/mol. The van der Waals surface area contributed by atoms with E-state index in [-0.39, 0.29) is 132 Å². The molecule has 94 heavy (non-hydrogen) atoms. The number of hydrogen-bond acceptors (Lipinski definition) is 22. The van der Waals surface area contributed by atoms with Gasteiger partial charge in [-0.05, 0) is 143 Å². The Morgan fingerprint density at radius 1 is 0.702 bits per heavy atom. The second kappa shape index (κ2) is 29.0. The third-order valence-corrected chi connectivity index (χ3v) is 15.3. The number of carbonyl (C=O) groups is 7. The number of phenols is 2. The molecule has 0 fully saturated rings. The van der Waals surface area contributed by atoms with Gasteiger partial charge in [-0.3, -0.25) is 19.2 Å². The molecule has 5 heterocycles. The van der Waals surface area contributed by atoms with Crippen molar-refractivity contribution in [3.8, 4) is 40.4 Å². The van der Waals surface area contributed by atoms with Crippen molar-refractivity contribution in [3.05, 3.63) is 155 Å². The van der Waals surface area contributed by atoms with Crippen LogP contribution in [0.3, 0.4) is 0 Å². The molecule has 8 aromatic rings. The van der Waals surface area contributed by atoms with Crippen LogP contribution in [-0.2, 0) is 31.3 Å². The van der Waals surface area contributed by atoms with Crippen molar-refractivity contribution in [2.75, 3.05) is 36.0 Å². The first-order valence-corrected chi connectivity index (χ1v) is 30.1. The zero-order valence-corrected chi connectivity index (χ0v) is 51.3. The second-order valence-corrected chi connectivity index (χ2v) is 22.4. The van der Waals surface area contributed by atoms with E-state index in [9.17, 15) is 54.0 Å². The van der Waals surface area contributed by atoms with E-state index >= 15 is 0 Å². The number of rotatable bonds is 26. The molecule has 3 aromatic heterocycles. The molecule has 2 aliphatic rings. The van der Waals surface area contributed by atoms with E-state index in [1.54, 1.807) is 85.8 Å². The lowest BCUT2D eigenvalue weighted by Crippen LogP contribution is -2.42. The Labute approximate surface area is 540 Å². The molecule has 30 nitrogen and oxygen atoms in total. The van der Waals surface area contributed by atoms with Crippen LogP contribution in [0.25, 0.3) is 16.9 Å². The highest BCUT2D eigenvalue weighted by atomic mass is 32.1. The first-order valence-electron chi connectivity index (χ1n) is 29.7. The molecule has 0 radical (unpaired) electrons. The number of hydrogen-bond donors (Lipinski definition) is 13. The van der Waals surface area contributed by atoms with Crippen molar-refractivity contribution in [3.63, 3.8) is 0 Å². The van der Waals surface area contributed by atoms with Gasteiger partial charge in [0.25, 0.3) is 17.7 Å². The minimum absolute atomic E-state index is 0.0570. The second-order valence-electron chi connectivity index (χ2n) is 22.0. The van der Waals surface area contributed by atoms with Crippen LogP contribution < -0.4 is 57.7 Å². The number of phenolic OH excluding ortho intramolecular Hbond substituents is 2. The molecule has 1 spiro atoms. The van der Waals surface area contributed by atoms with E-state index in [4.69, 9.17) is 32.2 Å². The molecule has 14 N–H and O–H groups in total. The molecule has 0 unspecified atom stereocenters. The zero-order valence-electron chi connectivity index (χ0n) is 50.5. The normalized spacial score (nSPS) is 13.3. The van der Waals surface area contributed by atoms with Gasteiger partial charge in [-0.25, -0.2) is 29.0 Å². The lowest BCUT2D eigenvalue weighted by molar-refractivity contribution is -0.142. The summed E-state index contributed by atoms with van der Waals surface area (Å²) < 4.78 is 18.8. The number of carboxylic acid groups (broad SMARTS) is 1. The summed E-state index contributed by atoms with van der Waals surface area (Å²) in [6.07, 6.45) is 3.78. The van der Waals surface area contributed by atoms with Crippen molar-refractivity contribution in [2.24, 2.45) is 0 Å². The molecule has 0 saturated heterocycles. The Hall–Kier alpha value is -11.8. The molecule has 31 heteroatoms. The van der Waals surface area contributed by atoms with E-state index in [2.05, 4.69) is 72.8 Å². The quantitative estimate of drug-likeness (QED) is 0.0186. The fourth-order valence-electron chi connectivity index (χ4n) is 10.4. The number of benzene rings is 5. The number of anilines is 3. The average molecular weight is 1300 g/mol. The topological polar surface area (TPSA) is 433 Å². The minimum atomic E-state index is -1.41. The van der Waals surface area contributed by atoms with Crippen LogP contribution in [-0.4, -0.2) is 140 Å². The standard InChI is InChI=1S/C63H64N16O14S/c1-33(70-50(82)23-21-47(58(87)88)74-51(83)22-6-34(2)71-56(85)36-7-11-37(12-8-36)68-30-39-31-69-54-53(72-39)57(86)76-60(64)75-54)5-3-4-24-65-55(84)35-9-14-40(15-10-35)79-32-52(77-78-79)92-62(90)67-26-25-66-61(94)73-38-13-18-44-43(27-38)59(89)93-63(44)45-19-16-41(80)28-48(45)91-49-29-42(81)17-20-46(49)63/h7-20,27-29,31-34,47,68,80-81H,3-6,21-26,30H2,1-2H3,(H,65,84)(H,67,90)(H,70,82)(H,71,85)(H,74,83)(H,87,88)(H2,66,73,94)(H3,64,69,75,76,86)/t33-,34-,47+/m1/s1. The molecule has 486 valence electrons. The first kappa shape index (κ1) is 65.2. The van der Waals surface area contributed by atoms with Crippen molar-refractivity contribution in [1.82, 2.24) is 66.8 Å². The summed E-state index contributed by atoms with van der Waals surface area (Å²) >= 11 is 5.47. The van der Waals surface area contributed by atoms with Crippen LogP contribution in [0, 0.1) is 0 Å². The van der Waals surface area contributed by atoms with Crippen molar-refractivity contribution >= 4 is 87.5 Å². The highest BCUT2D eigenvalue weighted by Gasteiger charge is 2.54. The Kier molecular flexibility index (Phi) is 20.1. The van der Waals surface area contributed by atoms with E-state index in [0.29, 0.717) is 76.4 Å². The molecule has 5 amide bonds. The number of aliphatic carboxylic acids is 1. The van der Waals surface area contributed by atoms with E-state index in [0.717, 1.165) is 0 Å². The number of esters is 1. The third-order valence-electron chi connectivity index (χ3n) is 15.1. The Morgan fingerprint density at radius 2 is 1.35 bits per heavy atom. The first-order chi connectivity index (χ1) is 45.2. The summed E-state index contributed by atoms with van der Waals surface area (Å²) in [5.41, 5.74) is 9.10. The summed E-state index contributed by atoms with van der Waals surface area (Å²) in [7, 11) is 0. The van der Waals surface area contributed by atoms with Crippen LogP contribution in [0.15, 0.2) is 116 Å². The van der Waals surface area contributed by atoms with Gasteiger partial charge in [0.2, 0.25) is 23.6 Å². The lowest BCUT2D eigenvalue weighted by Gasteiger charge is -2.36. The number of carbonyl (C=O) groups excluding carboxylic acids is 6. The van der Waals surface area contributed by atoms with Gasteiger partial charge < -0.3 is 82.9 Å². The number of nitrogens with one attached hydrogen (secondary N) is 8. The van der Waals surface area contributed by atoms with Gasteiger partial charge in [0.15, 0.2) is 21.9 Å². The number of unbranched alkanes of at least 4 members (excludes halogenated alkanes) is 1. The summed E-state index contributed by atoms with van der Waals surface area (Å²) in [4.78, 5) is 106. The van der Waals surface area contributed by atoms with E-state index in [1.165, 1.54) is 41.3 Å². The van der Waals surface area contributed by atoms with Gasteiger partial charge in [0.05, 0.1) is 35.9 Å². The summed E-state index contributed by atoms with van der Waals surface area (Å²) in [6.45, 7) is 4.43. The van der Waals surface area contributed by atoms with Gasteiger partial charge in [-0.1, -0.05) is 16.4 Å². The molecule has 0 aliphatic carbocycles. The molecule has 10 rings (SSSR count). The van der Waals surface area contributed by atoms with Gasteiger partial charge in [0, 0.05) is 95.9 Å². The smallest absolute Gasteiger partial charge is 0.414 e. The lowest BCUT2D eigenvalue weighted by atomic mass is 9.77. The Morgan fingerprint density at radius 3 is 2.07 bits per heavy atom. The van der Waals surface area contributed by atoms with Gasteiger partial charge in [-0.15, -0.1) is 0 Å². The number of amides is 5. The SMILES string of the molecule is C[C@H](CCCCNC(=O)c1ccc(-n2cc(OC(=O)NCCNC(=S)Nc3ccc4c(c3)C(=O)OC43c4ccc(O)cc4Oc4cc(O)ccc43)nn2)cc1)NC(=O)CC[C@H](NC(=O)CC[C@@H](C)NC(=O)c1ccc(NCc2cnc3nc(N)nc(O)c3n2)cc1)C(=O)O. The molecule has 0 bridgehead atoms. The zero-order chi connectivity index (χ0) is 66.6. The van der Waals surface area contributed by atoms with Crippen molar-refractivity contribution < 1.29 is 68.2 Å². The monoisotopic (exact) mass is 1300 g/mol. The van der Waals surface area contributed by atoms with Crippen molar-refractivity contribution in [2.45, 2.75) is 89.1 Å². The average Bonchev–Trinajstić information content (AvgIpc) is 1.46. The van der Waals surface area contributed by atoms with Crippen molar-refractivity contribution in [1.29, 1.82) is 0 Å². The summed E-state index contributed by atoms with van der Waals surface area (Å²) in [5.74, 6) is -3.70. The van der Waals surface area contributed by atoms with E-state index in [1.807, 2.05) is 6.92 Å². The van der Waals surface area contributed by atoms with Crippen LogP contribution in [0.1, 0.15) is 112 Å². The predicted octanol–water partition coefficient (Wildman–Crippen LogP) is 5.31. The Bertz CT molecular complexity index is 4160. The van der Waals surface area contributed by atoms with Crippen LogP contribution >= 0.6 is 12.2 Å². The van der Waals surface area contributed by atoms with E-state index < -0.39 is 41.6 Å². The Balaban J connectivity index is 0.566. The largest absolute Gasteiger partial charge is 0.508 e. The van der Waals surface area contributed by atoms with Crippen LogP contribution in [0.5, 0.6) is 34.8 Å². The molecule has 3 atom stereocenters. The number of aromatic hydroxyl groups is 3. The number of thiocarbonyl (C=S) groups is 1. The third kappa shape index (κ3) is 15.9. The highest BCUT2D eigenvalue weighted by Crippen LogP contribution is 2.57. The highest BCUT2D eigenvalue weighted by molar-refractivity contribution is 7.80. The summed E-state index contributed by atoms with van der Waals surface area (Å²) in [6, 6.07) is 25.2. The maximum atomic E-state index is 13.5.